The number of carboxylic acids is 1. The first-order chi connectivity index (χ1) is 14.2. The molecule has 0 atom stereocenters. The molecule has 31 heavy (non-hydrogen) atoms. The van der Waals surface area contributed by atoms with Crippen LogP contribution in [-0.4, -0.2) is 54.4 Å². The highest BCUT2D eigenvalue weighted by Crippen LogP contribution is 2.38. The zero-order valence-corrected chi connectivity index (χ0v) is 16.8. The number of likely N-dealkylation sites (tertiary alicyclic amines) is 1. The fraction of sp³-hybridized carbons (Fsp3) is 0.556. The van der Waals surface area contributed by atoms with Crippen molar-refractivity contribution in [3.8, 4) is 0 Å². The van der Waals surface area contributed by atoms with Crippen molar-refractivity contribution in [2.24, 2.45) is 5.41 Å². The Morgan fingerprint density at radius 2 is 1.68 bits per heavy atom. The highest BCUT2D eigenvalue weighted by atomic mass is 35.5. The molecule has 2 amide bonds. The zero-order chi connectivity index (χ0) is 23.4. The van der Waals surface area contributed by atoms with Crippen molar-refractivity contribution in [2.45, 2.75) is 31.7 Å². The Kier molecular flexibility index (Phi) is 7.69. The van der Waals surface area contributed by atoms with E-state index in [0.29, 0.717) is 5.56 Å². The molecular formula is C18H20ClF6N3O3. The Bertz CT molecular complexity index is 802. The molecule has 2 aliphatic rings. The summed E-state index contributed by atoms with van der Waals surface area (Å²) in [5, 5.41) is 12.8. The van der Waals surface area contributed by atoms with Crippen molar-refractivity contribution in [1.82, 2.24) is 15.5 Å². The number of benzene rings is 1. The number of amides is 2. The Labute approximate surface area is 178 Å². The molecule has 2 saturated heterocycles. The van der Waals surface area contributed by atoms with Gasteiger partial charge in [0.2, 0.25) is 0 Å². The topological polar surface area (TPSA) is 81.7 Å². The molecular weight excluding hydrogens is 456 g/mol. The maximum atomic E-state index is 12.8. The van der Waals surface area contributed by atoms with Crippen LogP contribution < -0.4 is 10.6 Å². The number of rotatable bonds is 2. The summed E-state index contributed by atoms with van der Waals surface area (Å²) in [5.41, 5.74) is -0.280. The summed E-state index contributed by atoms with van der Waals surface area (Å²) in [6.45, 7) is 3.43. The van der Waals surface area contributed by atoms with Crippen molar-refractivity contribution in [3.63, 3.8) is 0 Å². The molecule has 2 aliphatic heterocycles. The summed E-state index contributed by atoms with van der Waals surface area (Å²) in [7, 11) is 0. The van der Waals surface area contributed by atoms with E-state index in [-0.39, 0.29) is 23.0 Å². The minimum Gasteiger partial charge on any atom is -0.475 e. The van der Waals surface area contributed by atoms with Gasteiger partial charge >= 0.3 is 24.4 Å². The van der Waals surface area contributed by atoms with E-state index >= 15 is 0 Å². The fourth-order valence-corrected chi connectivity index (χ4v) is 3.59. The van der Waals surface area contributed by atoms with Crippen molar-refractivity contribution >= 4 is 23.6 Å². The van der Waals surface area contributed by atoms with E-state index in [4.69, 9.17) is 21.5 Å². The molecule has 6 nitrogen and oxygen atoms in total. The van der Waals surface area contributed by atoms with Gasteiger partial charge in [0.05, 0.1) is 10.6 Å². The Balaban J connectivity index is 0.000000423. The number of aliphatic carboxylic acids is 1. The molecule has 0 aromatic heterocycles. The average Bonchev–Trinajstić information content (AvgIpc) is 2.64. The minimum absolute atomic E-state index is 0.0458. The largest absolute Gasteiger partial charge is 0.490 e. The SMILES string of the molecule is O=C(NCc1ccc(Cl)c(C(F)(F)F)c1)N1CC2(CCNCC2)C1.O=C(O)C(F)(F)F. The van der Waals surface area contributed by atoms with Crippen molar-refractivity contribution < 1.29 is 41.0 Å². The molecule has 13 heteroatoms. The quantitative estimate of drug-likeness (QED) is 0.567. The van der Waals surface area contributed by atoms with Crippen LogP contribution in [0.25, 0.3) is 0 Å². The predicted molar refractivity (Wildman–Crippen MR) is 98.5 cm³/mol. The molecule has 1 spiro atoms. The molecule has 2 heterocycles. The second-order valence-electron chi connectivity index (χ2n) is 7.38. The lowest BCUT2D eigenvalue weighted by Gasteiger charge is -2.52. The van der Waals surface area contributed by atoms with Crippen LogP contribution in [0.2, 0.25) is 5.02 Å². The standard InChI is InChI=1S/C16H19ClF3N3O.C2HF3O2/c17-13-2-1-11(7-12(13)16(18,19)20)8-22-14(24)23-9-15(10-23)3-5-21-6-4-15;3-2(4,5)1(6)7/h1-2,7,21H,3-6,8-10H2,(H,22,24);(H,6,7). The molecule has 3 rings (SSSR count). The lowest BCUT2D eigenvalue weighted by Crippen LogP contribution is -2.63. The third kappa shape index (κ3) is 6.89. The number of halogens is 7. The van der Waals surface area contributed by atoms with Gasteiger partial charge in [0.25, 0.3) is 0 Å². The monoisotopic (exact) mass is 475 g/mol. The van der Waals surface area contributed by atoms with Crippen LogP contribution >= 0.6 is 11.6 Å². The van der Waals surface area contributed by atoms with Gasteiger partial charge in [-0.05, 0) is 43.6 Å². The maximum absolute atomic E-state index is 12.8. The van der Waals surface area contributed by atoms with Gasteiger partial charge in [-0.2, -0.15) is 26.3 Å². The molecule has 0 bridgehead atoms. The second kappa shape index (κ2) is 9.51. The van der Waals surface area contributed by atoms with Gasteiger partial charge in [-0.25, -0.2) is 9.59 Å². The highest BCUT2D eigenvalue weighted by Gasteiger charge is 2.45. The molecule has 1 aromatic carbocycles. The summed E-state index contributed by atoms with van der Waals surface area (Å²) in [5.74, 6) is -2.76. The van der Waals surface area contributed by atoms with Crippen molar-refractivity contribution in [1.29, 1.82) is 0 Å². The van der Waals surface area contributed by atoms with E-state index in [0.717, 1.165) is 45.1 Å². The van der Waals surface area contributed by atoms with Gasteiger partial charge < -0.3 is 20.6 Å². The minimum atomic E-state index is -5.08. The van der Waals surface area contributed by atoms with Gasteiger partial charge in [-0.1, -0.05) is 17.7 Å². The van der Waals surface area contributed by atoms with E-state index in [2.05, 4.69) is 10.6 Å². The number of nitrogens with one attached hydrogen (secondary N) is 2. The first-order valence-corrected chi connectivity index (χ1v) is 9.51. The van der Waals surface area contributed by atoms with Crippen LogP contribution in [0.3, 0.4) is 0 Å². The number of hydrogen-bond donors (Lipinski definition) is 3. The second-order valence-corrected chi connectivity index (χ2v) is 7.79. The fourth-order valence-electron chi connectivity index (χ4n) is 3.37. The summed E-state index contributed by atoms with van der Waals surface area (Å²) < 4.78 is 70.2. The van der Waals surface area contributed by atoms with E-state index in [1.165, 1.54) is 12.1 Å². The van der Waals surface area contributed by atoms with Gasteiger partial charge in [-0.15, -0.1) is 0 Å². The van der Waals surface area contributed by atoms with E-state index < -0.39 is 23.9 Å². The third-order valence-electron chi connectivity index (χ3n) is 5.03. The van der Waals surface area contributed by atoms with Gasteiger partial charge in [-0.3, -0.25) is 0 Å². The first-order valence-electron chi connectivity index (χ1n) is 9.13. The number of urea groups is 1. The summed E-state index contributed by atoms with van der Waals surface area (Å²) >= 11 is 5.59. The van der Waals surface area contributed by atoms with E-state index in [1.54, 1.807) is 4.90 Å². The Morgan fingerprint density at radius 1 is 1.13 bits per heavy atom. The van der Waals surface area contributed by atoms with Crippen LogP contribution in [-0.2, 0) is 17.5 Å². The van der Waals surface area contributed by atoms with Gasteiger partial charge in [0, 0.05) is 25.0 Å². The normalized spacial score (nSPS) is 18.0. The predicted octanol–water partition coefficient (Wildman–Crippen LogP) is 3.89. The molecule has 3 N–H and O–H groups in total. The van der Waals surface area contributed by atoms with Crippen molar-refractivity contribution in [2.75, 3.05) is 26.2 Å². The molecule has 0 radical (unpaired) electrons. The van der Waals surface area contributed by atoms with Gasteiger partial charge in [0.15, 0.2) is 0 Å². The first kappa shape index (κ1) is 25.1. The van der Waals surface area contributed by atoms with Gasteiger partial charge in [0.1, 0.15) is 0 Å². The van der Waals surface area contributed by atoms with Crippen LogP contribution in [0.5, 0.6) is 0 Å². The maximum Gasteiger partial charge on any atom is 0.490 e. The smallest absolute Gasteiger partial charge is 0.475 e. The Morgan fingerprint density at radius 3 is 2.16 bits per heavy atom. The van der Waals surface area contributed by atoms with Crippen molar-refractivity contribution in [3.05, 3.63) is 34.3 Å². The van der Waals surface area contributed by atoms with E-state index in [9.17, 15) is 31.1 Å². The number of carbonyl (C=O) groups excluding carboxylic acids is 1. The lowest BCUT2D eigenvalue weighted by molar-refractivity contribution is -0.192. The van der Waals surface area contributed by atoms with Crippen LogP contribution in [0.1, 0.15) is 24.0 Å². The number of carbonyl (C=O) groups is 2. The molecule has 0 unspecified atom stereocenters. The van der Waals surface area contributed by atoms with Crippen LogP contribution in [0.15, 0.2) is 18.2 Å². The molecule has 0 aliphatic carbocycles. The lowest BCUT2D eigenvalue weighted by atomic mass is 9.72. The molecule has 1 aromatic rings. The number of alkyl halides is 6. The summed E-state index contributed by atoms with van der Waals surface area (Å²) in [6, 6.07) is 3.44. The number of nitrogens with zero attached hydrogens (tertiary/aromatic N) is 1. The molecule has 0 saturated carbocycles. The van der Waals surface area contributed by atoms with E-state index in [1.807, 2.05) is 0 Å². The number of piperidine rings is 1. The Hall–Kier alpha value is -2.21. The average molecular weight is 476 g/mol. The van der Waals surface area contributed by atoms with Crippen LogP contribution in [0.4, 0.5) is 31.1 Å². The highest BCUT2D eigenvalue weighted by molar-refractivity contribution is 6.31. The summed E-state index contributed by atoms with van der Waals surface area (Å²) in [4.78, 5) is 22.7. The molecule has 174 valence electrons. The number of carboxylic acid groups (broad SMARTS) is 1. The zero-order valence-electron chi connectivity index (χ0n) is 16.0. The number of hydrogen-bond acceptors (Lipinski definition) is 3. The van der Waals surface area contributed by atoms with Crippen LogP contribution in [0, 0.1) is 5.41 Å². The third-order valence-corrected chi connectivity index (χ3v) is 5.36. The summed E-state index contributed by atoms with van der Waals surface area (Å²) in [6.07, 6.45) is -7.47. The molecule has 2 fully saturated rings.